The van der Waals surface area contributed by atoms with Crippen LogP contribution in [0, 0.1) is 11.3 Å². The van der Waals surface area contributed by atoms with E-state index in [1.54, 1.807) is 42.5 Å². The van der Waals surface area contributed by atoms with Crippen LogP contribution in [0.25, 0.3) is 0 Å². The molecule has 0 aliphatic rings. The van der Waals surface area contributed by atoms with E-state index in [1.807, 2.05) is 6.07 Å². The maximum atomic E-state index is 12.0. The molecule has 2 aromatic rings. The minimum absolute atomic E-state index is 0.131. The van der Waals surface area contributed by atoms with Crippen molar-refractivity contribution < 1.29 is 4.79 Å². The molecule has 2 aromatic carbocycles. The Kier molecular flexibility index (Phi) is 3.87. The first kappa shape index (κ1) is 13.4. The fourth-order valence-electron chi connectivity index (χ4n) is 1.83. The molecule has 0 aliphatic carbocycles. The molecule has 2 rings (SSSR count). The van der Waals surface area contributed by atoms with E-state index in [1.165, 1.54) is 0 Å². The Bertz CT molecular complexity index is 689. The molecule has 0 radical (unpaired) electrons. The number of nitriles is 1. The minimum atomic E-state index is -0.232. The van der Waals surface area contributed by atoms with Crippen molar-refractivity contribution >= 4 is 23.0 Å². The highest BCUT2D eigenvalue weighted by molar-refractivity contribution is 5.94. The van der Waals surface area contributed by atoms with Gasteiger partial charge in [0.1, 0.15) is 6.07 Å². The van der Waals surface area contributed by atoms with Crippen LogP contribution in [0.5, 0.6) is 0 Å². The lowest BCUT2D eigenvalue weighted by molar-refractivity contribution is -0.115. The van der Waals surface area contributed by atoms with Crippen molar-refractivity contribution in [3.8, 4) is 6.07 Å². The summed E-state index contributed by atoms with van der Waals surface area (Å²) in [5.74, 6) is -0.232. The van der Waals surface area contributed by atoms with E-state index >= 15 is 0 Å². The van der Waals surface area contributed by atoms with Gasteiger partial charge in [-0.2, -0.15) is 5.26 Å². The second-order valence-electron chi connectivity index (χ2n) is 4.34. The van der Waals surface area contributed by atoms with Gasteiger partial charge in [0, 0.05) is 11.4 Å². The Balaban J connectivity index is 2.11. The van der Waals surface area contributed by atoms with Crippen LogP contribution < -0.4 is 16.8 Å². The Hall–Kier alpha value is -3.00. The highest BCUT2D eigenvalue weighted by Crippen LogP contribution is 2.18. The number of carbonyl (C=O) groups excluding carboxylic acids is 1. The van der Waals surface area contributed by atoms with E-state index in [2.05, 4.69) is 5.32 Å². The Labute approximate surface area is 116 Å². The minimum Gasteiger partial charge on any atom is -0.399 e. The first-order valence-electron chi connectivity index (χ1n) is 6.03. The van der Waals surface area contributed by atoms with E-state index < -0.39 is 0 Å². The van der Waals surface area contributed by atoms with Crippen molar-refractivity contribution in [2.45, 2.75) is 6.42 Å². The van der Waals surface area contributed by atoms with E-state index in [0.29, 0.717) is 28.2 Å². The van der Waals surface area contributed by atoms with Gasteiger partial charge in [-0.25, -0.2) is 0 Å². The summed E-state index contributed by atoms with van der Waals surface area (Å²) >= 11 is 0. The second kappa shape index (κ2) is 5.76. The molecule has 0 fully saturated rings. The number of nitrogens with zero attached hydrogens (tertiary/aromatic N) is 1. The number of rotatable bonds is 3. The molecule has 0 unspecified atom stereocenters. The summed E-state index contributed by atoms with van der Waals surface area (Å²) in [4.78, 5) is 12.0. The second-order valence-corrected chi connectivity index (χ2v) is 4.34. The number of para-hydroxylation sites is 1. The molecule has 0 aromatic heterocycles. The third-order valence-corrected chi connectivity index (χ3v) is 2.84. The third-order valence-electron chi connectivity index (χ3n) is 2.84. The van der Waals surface area contributed by atoms with E-state index in [-0.39, 0.29) is 12.3 Å². The lowest BCUT2D eigenvalue weighted by atomic mass is 10.1. The Morgan fingerprint density at radius 2 is 1.95 bits per heavy atom. The number of anilines is 3. The summed E-state index contributed by atoms with van der Waals surface area (Å²) < 4.78 is 0. The topological polar surface area (TPSA) is 105 Å². The van der Waals surface area contributed by atoms with Gasteiger partial charge in [0.2, 0.25) is 5.91 Å². The molecular weight excluding hydrogens is 252 g/mol. The van der Waals surface area contributed by atoms with Crippen molar-refractivity contribution in [2.24, 2.45) is 0 Å². The van der Waals surface area contributed by atoms with Gasteiger partial charge in [0.15, 0.2) is 0 Å². The van der Waals surface area contributed by atoms with Crippen LogP contribution >= 0.6 is 0 Å². The van der Waals surface area contributed by atoms with Crippen molar-refractivity contribution in [1.29, 1.82) is 5.26 Å². The highest BCUT2D eigenvalue weighted by Gasteiger charge is 2.09. The predicted octanol–water partition coefficient (Wildman–Crippen LogP) is 1.90. The van der Waals surface area contributed by atoms with Crippen molar-refractivity contribution in [2.75, 3.05) is 16.8 Å². The van der Waals surface area contributed by atoms with E-state index in [0.717, 1.165) is 0 Å². The molecule has 100 valence electrons. The predicted molar refractivity (Wildman–Crippen MR) is 78.8 cm³/mol. The number of nitrogens with one attached hydrogen (secondary N) is 1. The lowest BCUT2D eigenvalue weighted by Crippen LogP contribution is -2.16. The average molecular weight is 266 g/mol. The molecule has 0 saturated heterocycles. The number of carbonyl (C=O) groups is 1. The summed E-state index contributed by atoms with van der Waals surface area (Å²) in [5.41, 5.74) is 14.1. The standard InChI is InChI=1S/C15H14N4O/c16-9-11-3-1-2-4-14(11)19-15(20)7-10-5-6-12(17)8-13(10)18/h1-6,8H,7,17-18H2,(H,19,20). The monoisotopic (exact) mass is 266 g/mol. The molecule has 0 heterocycles. The van der Waals surface area contributed by atoms with Gasteiger partial charge in [-0.1, -0.05) is 18.2 Å². The number of benzene rings is 2. The van der Waals surface area contributed by atoms with Crippen LogP contribution in [-0.4, -0.2) is 5.91 Å². The summed E-state index contributed by atoms with van der Waals surface area (Å²) in [6.45, 7) is 0. The first-order valence-corrected chi connectivity index (χ1v) is 6.03. The molecule has 0 bridgehead atoms. The summed E-state index contributed by atoms with van der Waals surface area (Å²) in [6.07, 6.45) is 0.131. The van der Waals surface area contributed by atoms with Crippen LogP contribution in [-0.2, 0) is 11.2 Å². The maximum Gasteiger partial charge on any atom is 0.228 e. The van der Waals surface area contributed by atoms with Gasteiger partial charge < -0.3 is 16.8 Å². The molecule has 5 heteroatoms. The Morgan fingerprint density at radius 1 is 1.20 bits per heavy atom. The summed E-state index contributed by atoms with van der Waals surface area (Å²) in [6, 6.07) is 13.9. The van der Waals surface area contributed by atoms with Crippen LogP contribution in [0.4, 0.5) is 17.1 Å². The highest BCUT2D eigenvalue weighted by atomic mass is 16.1. The number of amides is 1. The molecule has 1 amide bonds. The Morgan fingerprint density at radius 3 is 2.65 bits per heavy atom. The lowest BCUT2D eigenvalue weighted by Gasteiger charge is -2.09. The molecule has 0 spiro atoms. The van der Waals surface area contributed by atoms with Crippen molar-refractivity contribution in [3.05, 3.63) is 53.6 Å². The van der Waals surface area contributed by atoms with E-state index in [4.69, 9.17) is 16.7 Å². The number of nitrogen functional groups attached to an aromatic ring is 2. The smallest absolute Gasteiger partial charge is 0.228 e. The SMILES string of the molecule is N#Cc1ccccc1NC(=O)Cc1ccc(N)cc1N. The molecule has 5 N–H and O–H groups in total. The number of nitrogens with two attached hydrogens (primary N) is 2. The fourth-order valence-corrected chi connectivity index (χ4v) is 1.83. The zero-order chi connectivity index (χ0) is 14.5. The van der Waals surface area contributed by atoms with Gasteiger partial charge in [-0.05, 0) is 29.8 Å². The fraction of sp³-hybridized carbons (Fsp3) is 0.0667. The molecule has 0 atom stereocenters. The summed E-state index contributed by atoms with van der Waals surface area (Å²) in [7, 11) is 0. The first-order chi connectivity index (χ1) is 9.60. The number of hydrogen-bond donors (Lipinski definition) is 3. The quantitative estimate of drug-likeness (QED) is 0.738. The molecule has 5 nitrogen and oxygen atoms in total. The largest absolute Gasteiger partial charge is 0.399 e. The molecule has 0 saturated carbocycles. The van der Waals surface area contributed by atoms with E-state index in [9.17, 15) is 4.79 Å². The molecule has 0 aliphatic heterocycles. The van der Waals surface area contributed by atoms with Crippen molar-refractivity contribution in [1.82, 2.24) is 0 Å². The zero-order valence-corrected chi connectivity index (χ0v) is 10.8. The van der Waals surface area contributed by atoms with Crippen LogP contribution in [0.1, 0.15) is 11.1 Å². The van der Waals surface area contributed by atoms with Gasteiger partial charge in [0.05, 0.1) is 17.7 Å². The molecule has 20 heavy (non-hydrogen) atoms. The van der Waals surface area contributed by atoms with Crippen LogP contribution in [0.3, 0.4) is 0 Å². The van der Waals surface area contributed by atoms with Gasteiger partial charge in [-0.15, -0.1) is 0 Å². The van der Waals surface area contributed by atoms with Crippen molar-refractivity contribution in [3.63, 3.8) is 0 Å². The van der Waals surface area contributed by atoms with Gasteiger partial charge in [-0.3, -0.25) is 4.79 Å². The number of hydrogen-bond acceptors (Lipinski definition) is 4. The maximum absolute atomic E-state index is 12.0. The normalized spacial score (nSPS) is 9.75. The summed E-state index contributed by atoms with van der Waals surface area (Å²) in [5, 5.41) is 11.7. The van der Waals surface area contributed by atoms with Crippen LogP contribution in [0.2, 0.25) is 0 Å². The molecular formula is C15H14N4O. The van der Waals surface area contributed by atoms with Gasteiger partial charge >= 0.3 is 0 Å². The average Bonchev–Trinajstić information content (AvgIpc) is 2.42. The zero-order valence-electron chi connectivity index (χ0n) is 10.8. The third kappa shape index (κ3) is 3.06. The van der Waals surface area contributed by atoms with Gasteiger partial charge in [0.25, 0.3) is 0 Å². The van der Waals surface area contributed by atoms with Crippen LogP contribution in [0.15, 0.2) is 42.5 Å².